The number of rotatable bonds is 8. The van der Waals surface area contributed by atoms with Crippen LogP contribution in [0.1, 0.15) is 49.6 Å². The van der Waals surface area contributed by atoms with E-state index in [-0.39, 0.29) is 28.9 Å². The minimum Gasteiger partial charge on any atom is -0.464 e. The lowest BCUT2D eigenvalue weighted by molar-refractivity contribution is 0.0443. The van der Waals surface area contributed by atoms with Crippen LogP contribution in [-0.4, -0.2) is 61.7 Å². The number of hydrogen-bond donors (Lipinski definition) is 1. The Balaban J connectivity index is 2.07. The molecular formula is C25H31N5O7S. The summed E-state index contributed by atoms with van der Waals surface area (Å²) in [5.74, 6) is -0.794. The molecule has 1 amide bonds. The van der Waals surface area contributed by atoms with Gasteiger partial charge in [-0.25, -0.2) is 23.0 Å². The molecule has 3 rings (SSSR count). The first-order chi connectivity index (χ1) is 17.6. The Kier molecular flexibility index (Phi) is 8.10. The van der Waals surface area contributed by atoms with E-state index in [9.17, 15) is 18.0 Å². The summed E-state index contributed by atoms with van der Waals surface area (Å²) in [6.07, 6.45) is 0.617. The first-order valence-corrected chi connectivity index (χ1v) is 13.4. The number of benzene rings is 1. The van der Waals surface area contributed by atoms with Crippen molar-refractivity contribution in [3.05, 3.63) is 59.6 Å². The second-order valence-corrected chi connectivity index (χ2v) is 11.9. The Bertz CT molecular complexity index is 1420. The van der Waals surface area contributed by atoms with Gasteiger partial charge in [-0.15, -0.1) is 10.2 Å². The van der Waals surface area contributed by atoms with Crippen molar-refractivity contribution in [1.29, 1.82) is 0 Å². The standard InChI is InChI=1S/C25H31N5O7S/c1-24(2,3)37-23(32)27-25(4,15-16-11-9-8-10-12-16)22-29-28-20(36-22)17-13-18(21(31)35-6)26-19(14-17)30(5)38(7,33)34/h8-14H,15H2,1-7H3,(H,27,32). The number of esters is 1. The fourth-order valence-corrected chi connectivity index (χ4v) is 3.88. The highest BCUT2D eigenvalue weighted by Crippen LogP contribution is 2.30. The summed E-state index contributed by atoms with van der Waals surface area (Å²) in [6, 6.07) is 12.1. The Morgan fingerprint density at radius 2 is 1.74 bits per heavy atom. The van der Waals surface area contributed by atoms with Crippen LogP contribution in [0.5, 0.6) is 0 Å². The molecule has 2 aromatic heterocycles. The fourth-order valence-electron chi connectivity index (χ4n) is 3.45. The van der Waals surface area contributed by atoms with Gasteiger partial charge in [0.25, 0.3) is 0 Å². The second kappa shape index (κ2) is 10.8. The Labute approximate surface area is 221 Å². The summed E-state index contributed by atoms with van der Waals surface area (Å²) in [5.41, 5.74) is -0.960. The average molecular weight is 546 g/mol. The lowest BCUT2D eigenvalue weighted by Crippen LogP contribution is -2.47. The number of anilines is 1. The average Bonchev–Trinajstić information content (AvgIpc) is 3.33. The van der Waals surface area contributed by atoms with E-state index in [4.69, 9.17) is 13.9 Å². The molecule has 0 aliphatic rings. The van der Waals surface area contributed by atoms with Gasteiger partial charge in [-0.1, -0.05) is 30.3 Å². The third-order valence-electron chi connectivity index (χ3n) is 5.35. The first-order valence-electron chi connectivity index (χ1n) is 11.5. The van der Waals surface area contributed by atoms with E-state index in [1.807, 2.05) is 30.3 Å². The van der Waals surface area contributed by atoms with Crippen molar-refractivity contribution < 1.29 is 31.9 Å². The Morgan fingerprint density at radius 1 is 1.08 bits per heavy atom. The largest absolute Gasteiger partial charge is 0.464 e. The van der Waals surface area contributed by atoms with Gasteiger partial charge < -0.3 is 19.2 Å². The smallest absolute Gasteiger partial charge is 0.408 e. The number of nitrogens with one attached hydrogen (secondary N) is 1. The normalized spacial score (nSPS) is 13.3. The summed E-state index contributed by atoms with van der Waals surface area (Å²) in [5, 5.41) is 11.1. The van der Waals surface area contributed by atoms with E-state index in [0.717, 1.165) is 16.1 Å². The number of aromatic nitrogens is 3. The van der Waals surface area contributed by atoms with Crippen molar-refractivity contribution in [3.8, 4) is 11.5 Å². The Morgan fingerprint density at radius 3 is 2.32 bits per heavy atom. The molecule has 38 heavy (non-hydrogen) atoms. The van der Waals surface area contributed by atoms with Crippen LogP contribution in [0.4, 0.5) is 10.6 Å². The van der Waals surface area contributed by atoms with Gasteiger partial charge in [-0.2, -0.15) is 0 Å². The van der Waals surface area contributed by atoms with Gasteiger partial charge in [0, 0.05) is 19.0 Å². The minimum absolute atomic E-state index is 0.0269. The van der Waals surface area contributed by atoms with Crippen LogP contribution in [0.3, 0.4) is 0 Å². The lowest BCUT2D eigenvalue weighted by Gasteiger charge is -2.29. The summed E-state index contributed by atoms with van der Waals surface area (Å²) in [4.78, 5) is 29.1. The number of carbonyl (C=O) groups excluding carboxylic acids is 2. The van der Waals surface area contributed by atoms with Gasteiger partial charge in [0.1, 0.15) is 17.0 Å². The molecule has 1 aromatic carbocycles. The molecule has 2 heterocycles. The third-order valence-corrected chi connectivity index (χ3v) is 6.53. The highest BCUT2D eigenvalue weighted by atomic mass is 32.2. The van der Waals surface area contributed by atoms with E-state index >= 15 is 0 Å². The zero-order valence-electron chi connectivity index (χ0n) is 22.3. The number of carbonyl (C=O) groups is 2. The maximum atomic E-state index is 12.7. The van der Waals surface area contributed by atoms with E-state index in [1.165, 1.54) is 26.3 Å². The van der Waals surface area contributed by atoms with Gasteiger partial charge in [0.2, 0.25) is 21.8 Å². The monoisotopic (exact) mass is 545 g/mol. The van der Waals surface area contributed by atoms with Crippen LogP contribution in [0, 0.1) is 0 Å². The number of nitrogens with zero attached hydrogens (tertiary/aromatic N) is 4. The van der Waals surface area contributed by atoms with Crippen LogP contribution in [-0.2, 0) is 31.5 Å². The van der Waals surface area contributed by atoms with Gasteiger partial charge >= 0.3 is 12.1 Å². The molecule has 0 fully saturated rings. The number of ether oxygens (including phenoxy) is 2. The molecule has 0 saturated heterocycles. The SMILES string of the molecule is COC(=O)c1cc(-c2nnc(C(C)(Cc3ccccc3)NC(=O)OC(C)(C)C)o2)cc(N(C)S(C)(=O)=O)n1. The molecular weight excluding hydrogens is 514 g/mol. The van der Waals surface area contributed by atoms with Crippen molar-refractivity contribution >= 4 is 27.9 Å². The van der Waals surface area contributed by atoms with E-state index in [0.29, 0.717) is 6.42 Å². The molecule has 0 aliphatic carbocycles. The molecule has 3 aromatic rings. The maximum Gasteiger partial charge on any atom is 0.408 e. The second-order valence-electron chi connectivity index (χ2n) is 9.86. The molecule has 12 nitrogen and oxygen atoms in total. The number of pyridine rings is 1. The lowest BCUT2D eigenvalue weighted by atomic mass is 9.92. The molecule has 1 unspecified atom stereocenters. The van der Waals surface area contributed by atoms with Gasteiger partial charge in [0.05, 0.1) is 13.4 Å². The predicted molar refractivity (Wildman–Crippen MR) is 139 cm³/mol. The molecule has 0 saturated carbocycles. The van der Waals surface area contributed by atoms with Crippen LogP contribution < -0.4 is 9.62 Å². The van der Waals surface area contributed by atoms with Crippen LogP contribution >= 0.6 is 0 Å². The summed E-state index contributed by atoms with van der Waals surface area (Å²) < 4.78 is 41.3. The quantitative estimate of drug-likeness (QED) is 0.417. The Hall–Kier alpha value is -4.00. The summed E-state index contributed by atoms with van der Waals surface area (Å²) >= 11 is 0. The molecule has 1 N–H and O–H groups in total. The molecule has 0 aliphatic heterocycles. The van der Waals surface area contributed by atoms with Gasteiger partial charge in [-0.05, 0) is 45.4 Å². The zero-order chi connectivity index (χ0) is 28.3. The maximum absolute atomic E-state index is 12.7. The summed E-state index contributed by atoms with van der Waals surface area (Å²) in [6.45, 7) is 6.97. The molecule has 13 heteroatoms. The zero-order valence-corrected chi connectivity index (χ0v) is 23.1. The number of amides is 1. The van der Waals surface area contributed by atoms with E-state index < -0.39 is 33.2 Å². The van der Waals surface area contributed by atoms with Crippen molar-refractivity contribution in [2.24, 2.45) is 0 Å². The topological polar surface area (TPSA) is 154 Å². The molecule has 0 radical (unpaired) electrons. The van der Waals surface area contributed by atoms with E-state index in [1.54, 1.807) is 27.7 Å². The van der Waals surface area contributed by atoms with Crippen molar-refractivity contribution in [2.75, 3.05) is 24.7 Å². The van der Waals surface area contributed by atoms with E-state index in [2.05, 4.69) is 20.5 Å². The highest BCUT2D eigenvalue weighted by molar-refractivity contribution is 7.92. The van der Waals surface area contributed by atoms with Crippen molar-refractivity contribution in [1.82, 2.24) is 20.5 Å². The van der Waals surface area contributed by atoms with Crippen molar-refractivity contribution in [2.45, 2.75) is 45.3 Å². The van der Waals surface area contributed by atoms with Crippen molar-refractivity contribution in [3.63, 3.8) is 0 Å². The molecule has 204 valence electrons. The minimum atomic E-state index is -3.69. The number of hydrogen-bond acceptors (Lipinski definition) is 10. The molecule has 0 spiro atoms. The number of alkyl carbamates (subject to hydrolysis) is 1. The molecule has 1 atom stereocenters. The summed E-state index contributed by atoms with van der Waals surface area (Å²) in [7, 11) is -1.22. The molecule has 0 bridgehead atoms. The fraction of sp³-hybridized carbons (Fsp3) is 0.400. The predicted octanol–water partition coefficient (Wildman–Crippen LogP) is 3.30. The third kappa shape index (κ3) is 7.06. The number of methoxy groups -OCH3 is 1. The van der Waals surface area contributed by atoms with Crippen LogP contribution in [0.2, 0.25) is 0 Å². The van der Waals surface area contributed by atoms with Gasteiger partial charge in [0.15, 0.2) is 5.69 Å². The van der Waals surface area contributed by atoms with Crippen LogP contribution in [0.25, 0.3) is 11.5 Å². The first kappa shape index (κ1) is 28.6. The highest BCUT2D eigenvalue weighted by Gasteiger charge is 2.37. The van der Waals surface area contributed by atoms with Gasteiger partial charge in [-0.3, -0.25) is 4.31 Å². The van der Waals surface area contributed by atoms with Crippen LogP contribution in [0.15, 0.2) is 46.9 Å². The number of sulfonamides is 1.